The van der Waals surface area contributed by atoms with E-state index in [9.17, 15) is 9.18 Å². The zero-order chi connectivity index (χ0) is 14.7. The molecule has 1 heterocycles. The molecule has 0 fully saturated rings. The molecule has 5 nitrogen and oxygen atoms in total. The number of aryl methyl sites for hydroxylation is 1. The van der Waals surface area contributed by atoms with Crippen molar-refractivity contribution in [3.05, 3.63) is 53.1 Å². The number of nitrogens with zero attached hydrogens (tertiary/aromatic N) is 2. The molecule has 3 N–H and O–H groups in total. The Labute approximate surface area is 115 Å². The summed E-state index contributed by atoms with van der Waals surface area (Å²) in [6.45, 7) is 3.73. The highest BCUT2D eigenvalue weighted by atomic mass is 19.1. The first-order valence-corrected chi connectivity index (χ1v) is 6.03. The van der Waals surface area contributed by atoms with Gasteiger partial charge in [0.25, 0.3) is 0 Å². The Hall–Kier alpha value is -2.63. The Kier molecular flexibility index (Phi) is 3.84. The summed E-state index contributed by atoms with van der Waals surface area (Å²) in [5.74, 6) is -0.298. The van der Waals surface area contributed by atoms with E-state index >= 15 is 0 Å². The summed E-state index contributed by atoms with van der Waals surface area (Å²) in [5, 5.41) is 3.72. The third-order valence-electron chi connectivity index (χ3n) is 2.94. The van der Waals surface area contributed by atoms with Crippen LogP contribution in [0.2, 0.25) is 0 Å². The van der Waals surface area contributed by atoms with E-state index in [1.54, 1.807) is 22.8 Å². The van der Waals surface area contributed by atoms with E-state index in [0.29, 0.717) is 5.69 Å². The number of primary amides is 1. The lowest BCUT2D eigenvalue weighted by molar-refractivity contribution is 0.249. The number of hydrazone groups is 1. The van der Waals surface area contributed by atoms with Gasteiger partial charge in [-0.3, -0.25) is 0 Å². The molecule has 0 aliphatic heterocycles. The molecule has 0 aliphatic carbocycles. The molecule has 6 heteroatoms. The maximum atomic E-state index is 13.9. The summed E-state index contributed by atoms with van der Waals surface area (Å²) in [4.78, 5) is 10.6. The molecule has 0 bridgehead atoms. The first kappa shape index (κ1) is 13.8. The standard InChI is InChI=1S/C14H15FN4O/c1-9-7-11(8-17-18-14(16)20)10(2)19(9)13-6-4-3-5-12(13)15/h3-8H,1-2H3,(H3,16,18,20)/b17-8+. The number of para-hydroxylation sites is 1. The topological polar surface area (TPSA) is 72.4 Å². The minimum atomic E-state index is -0.732. The highest BCUT2D eigenvalue weighted by Crippen LogP contribution is 2.21. The lowest BCUT2D eigenvalue weighted by Crippen LogP contribution is -2.24. The molecular formula is C14H15FN4O. The Morgan fingerprint density at radius 1 is 1.40 bits per heavy atom. The molecule has 0 saturated carbocycles. The summed E-state index contributed by atoms with van der Waals surface area (Å²) >= 11 is 0. The summed E-state index contributed by atoms with van der Waals surface area (Å²) in [6.07, 6.45) is 1.48. The van der Waals surface area contributed by atoms with Crippen molar-refractivity contribution in [2.75, 3.05) is 0 Å². The van der Waals surface area contributed by atoms with E-state index in [4.69, 9.17) is 5.73 Å². The number of halogens is 1. The zero-order valence-corrected chi connectivity index (χ0v) is 11.2. The van der Waals surface area contributed by atoms with Gasteiger partial charge in [-0.1, -0.05) is 12.1 Å². The molecule has 104 valence electrons. The van der Waals surface area contributed by atoms with Crippen LogP contribution >= 0.6 is 0 Å². The second-order valence-electron chi connectivity index (χ2n) is 4.35. The molecule has 20 heavy (non-hydrogen) atoms. The molecule has 1 aromatic heterocycles. The smallest absolute Gasteiger partial charge is 0.332 e. The quantitative estimate of drug-likeness (QED) is 0.654. The van der Waals surface area contributed by atoms with Gasteiger partial charge in [-0.2, -0.15) is 5.10 Å². The van der Waals surface area contributed by atoms with Gasteiger partial charge in [-0.25, -0.2) is 14.6 Å². The fourth-order valence-electron chi connectivity index (χ4n) is 2.09. The number of urea groups is 1. The fraction of sp³-hybridized carbons (Fsp3) is 0.143. The molecule has 0 aliphatic rings. The van der Waals surface area contributed by atoms with Crippen LogP contribution in [-0.4, -0.2) is 16.8 Å². The number of carbonyl (C=O) groups excluding carboxylic acids is 1. The van der Waals surface area contributed by atoms with Crippen LogP contribution in [0.3, 0.4) is 0 Å². The maximum Gasteiger partial charge on any atom is 0.332 e. The van der Waals surface area contributed by atoms with Crippen molar-refractivity contribution in [3.8, 4) is 5.69 Å². The molecule has 0 radical (unpaired) electrons. The van der Waals surface area contributed by atoms with Crippen molar-refractivity contribution in [2.24, 2.45) is 10.8 Å². The lowest BCUT2D eigenvalue weighted by Gasteiger charge is -2.10. The van der Waals surface area contributed by atoms with E-state index in [1.807, 2.05) is 19.9 Å². The first-order chi connectivity index (χ1) is 9.50. The van der Waals surface area contributed by atoms with Gasteiger partial charge < -0.3 is 10.3 Å². The number of nitrogens with two attached hydrogens (primary N) is 1. The molecular weight excluding hydrogens is 259 g/mol. The number of rotatable bonds is 3. The number of benzene rings is 1. The SMILES string of the molecule is Cc1cc(/C=N/NC(N)=O)c(C)n1-c1ccccc1F. The maximum absolute atomic E-state index is 13.9. The van der Waals surface area contributed by atoms with Crippen molar-refractivity contribution >= 4 is 12.2 Å². The van der Waals surface area contributed by atoms with Crippen LogP contribution in [0.15, 0.2) is 35.4 Å². The summed E-state index contributed by atoms with van der Waals surface area (Å²) in [7, 11) is 0. The zero-order valence-electron chi connectivity index (χ0n) is 11.2. The summed E-state index contributed by atoms with van der Waals surface area (Å²) in [6, 6.07) is 7.66. The number of aromatic nitrogens is 1. The summed E-state index contributed by atoms with van der Waals surface area (Å²) in [5.41, 5.74) is 9.99. The van der Waals surface area contributed by atoms with Crippen molar-refractivity contribution in [2.45, 2.75) is 13.8 Å². The number of amides is 2. The van der Waals surface area contributed by atoms with Crippen molar-refractivity contribution in [1.29, 1.82) is 0 Å². The normalized spacial score (nSPS) is 10.9. The molecule has 0 unspecified atom stereocenters. The Balaban J connectivity index is 2.42. The highest BCUT2D eigenvalue weighted by Gasteiger charge is 2.12. The summed E-state index contributed by atoms with van der Waals surface area (Å²) < 4.78 is 15.7. The molecule has 2 rings (SSSR count). The number of nitrogens with one attached hydrogen (secondary N) is 1. The Morgan fingerprint density at radius 2 is 2.10 bits per heavy atom. The van der Waals surface area contributed by atoms with E-state index in [-0.39, 0.29) is 5.82 Å². The van der Waals surface area contributed by atoms with E-state index < -0.39 is 6.03 Å². The van der Waals surface area contributed by atoms with Gasteiger partial charge in [-0.15, -0.1) is 0 Å². The molecule has 2 amide bonds. The highest BCUT2D eigenvalue weighted by molar-refractivity contribution is 5.83. The number of carbonyl (C=O) groups is 1. The predicted octanol–water partition coefficient (Wildman–Crippen LogP) is 2.24. The van der Waals surface area contributed by atoms with Gasteiger partial charge in [0.2, 0.25) is 0 Å². The monoisotopic (exact) mass is 274 g/mol. The third kappa shape index (κ3) is 2.69. The Bertz CT molecular complexity index is 676. The van der Waals surface area contributed by atoms with E-state index in [0.717, 1.165) is 17.0 Å². The van der Waals surface area contributed by atoms with Crippen LogP contribution in [0, 0.1) is 19.7 Å². The third-order valence-corrected chi connectivity index (χ3v) is 2.94. The van der Waals surface area contributed by atoms with Crippen LogP contribution in [0.5, 0.6) is 0 Å². The second kappa shape index (κ2) is 5.56. The molecule has 0 atom stereocenters. The van der Waals surface area contributed by atoms with Crippen LogP contribution < -0.4 is 11.2 Å². The van der Waals surface area contributed by atoms with Gasteiger partial charge >= 0.3 is 6.03 Å². The molecule has 2 aromatic rings. The fourth-order valence-corrected chi connectivity index (χ4v) is 2.09. The van der Waals surface area contributed by atoms with Crippen molar-refractivity contribution in [3.63, 3.8) is 0 Å². The average Bonchev–Trinajstić information content (AvgIpc) is 2.65. The van der Waals surface area contributed by atoms with Crippen molar-refractivity contribution in [1.82, 2.24) is 9.99 Å². The van der Waals surface area contributed by atoms with Crippen LogP contribution in [-0.2, 0) is 0 Å². The van der Waals surface area contributed by atoms with Gasteiger partial charge in [0.1, 0.15) is 5.82 Å². The molecule has 0 saturated heterocycles. The van der Waals surface area contributed by atoms with E-state index in [2.05, 4.69) is 10.5 Å². The van der Waals surface area contributed by atoms with E-state index in [1.165, 1.54) is 12.3 Å². The van der Waals surface area contributed by atoms with Gasteiger partial charge in [0, 0.05) is 17.0 Å². The predicted molar refractivity (Wildman–Crippen MR) is 75.5 cm³/mol. The minimum absolute atomic E-state index is 0.298. The Morgan fingerprint density at radius 3 is 2.75 bits per heavy atom. The average molecular weight is 274 g/mol. The number of hydrogen-bond donors (Lipinski definition) is 2. The molecule has 0 spiro atoms. The first-order valence-electron chi connectivity index (χ1n) is 6.03. The van der Waals surface area contributed by atoms with Gasteiger partial charge in [0.05, 0.1) is 11.9 Å². The van der Waals surface area contributed by atoms with Crippen molar-refractivity contribution < 1.29 is 9.18 Å². The number of hydrogen-bond acceptors (Lipinski definition) is 2. The molecule has 1 aromatic carbocycles. The lowest BCUT2D eigenvalue weighted by atomic mass is 10.2. The largest absolute Gasteiger partial charge is 0.350 e. The second-order valence-corrected chi connectivity index (χ2v) is 4.35. The minimum Gasteiger partial charge on any atom is -0.350 e. The van der Waals surface area contributed by atoms with Crippen LogP contribution in [0.1, 0.15) is 17.0 Å². The van der Waals surface area contributed by atoms with Gasteiger partial charge in [-0.05, 0) is 32.0 Å². The van der Waals surface area contributed by atoms with Gasteiger partial charge in [0.15, 0.2) is 0 Å². The van der Waals surface area contributed by atoms with Crippen LogP contribution in [0.25, 0.3) is 5.69 Å². The van der Waals surface area contributed by atoms with Crippen LogP contribution in [0.4, 0.5) is 9.18 Å².